The summed E-state index contributed by atoms with van der Waals surface area (Å²) in [5.41, 5.74) is 10.6. The molecular formula is C22H24N4O. The highest BCUT2D eigenvalue weighted by molar-refractivity contribution is 5.62. The van der Waals surface area contributed by atoms with E-state index in [1.54, 1.807) is 18.6 Å². The first-order valence-corrected chi connectivity index (χ1v) is 9.55. The molecular weight excluding hydrogens is 336 g/mol. The number of anilines is 1. The lowest BCUT2D eigenvalue weighted by Gasteiger charge is -2.22. The predicted molar refractivity (Wildman–Crippen MR) is 106 cm³/mol. The summed E-state index contributed by atoms with van der Waals surface area (Å²) in [7, 11) is 0. The van der Waals surface area contributed by atoms with E-state index in [1.165, 1.54) is 19.3 Å². The van der Waals surface area contributed by atoms with Crippen molar-refractivity contribution >= 4 is 5.69 Å². The lowest BCUT2D eigenvalue weighted by Crippen LogP contribution is -2.20. The Morgan fingerprint density at radius 1 is 1.04 bits per heavy atom. The van der Waals surface area contributed by atoms with Crippen LogP contribution in [0.5, 0.6) is 5.88 Å². The van der Waals surface area contributed by atoms with E-state index in [9.17, 15) is 0 Å². The van der Waals surface area contributed by atoms with Crippen LogP contribution in [-0.2, 0) is 6.42 Å². The highest BCUT2D eigenvalue weighted by atomic mass is 16.5. The third kappa shape index (κ3) is 4.42. The topological polar surface area (TPSA) is 73.9 Å². The Hall–Kier alpha value is -2.95. The molecule has 1 saturated carbocycles. The molecule has 0 bridgehead atoms. The average Bonchev–Trinajstić information content (AvgIpc) is 2.71. The zero-order valence-corrected chi connectivity index (χ0v) is 15.3. The van der Waals surface area contributed by atoms with Crippen molar-refractivity contribution in [2.75, 3.05) is 5.73 Å². The summed E-state index contributed by atoms with van der Waals surface area (Å²) in [4.78, 5) is 13.3. The third-order valence-electron chi connectivity index (χ3n) is 4.97. The number of aromatic nitrogens is 3. The van der Waals surface area contributed by atoms with E-state index in [0.717, 1.165) is 35.4 Å². The van der Waals surface area contributed by atoms with E-state index in [4.69, 9.17) is 15.5 Å². The van der Waals surface area contributed by atoms with Gasteiger partial charge >= 0.3 is 0 Å². The summed E-state index contributed by atoms with van der Waals surface area (Å²) in [5.74, 6) is 0.708. The number of ether oxygens (including phenoxy) is 1. The van der Waals surface area contributed by atoms with Crippen molar-refractivity contribution < 1.29 is 4.74 Å². The van der Waals surface area contributed by atoms with Crippen LogP contribution in [0.4, 0.5) is 5.69 Å². The summed E-state index contributed by atoms with van der Waals surface area (Å²) < 4.78 is 6.09. The molecule has 0 aromatic carbocycles. The highest BCUT2D eigenvalue weighted by Gasteiger charge is 2.15. The minimum atomic E-state index is 0.296. The Bertz CT molecular complexity index is 892. The van der Waals surface area contributed by atoms with Gasteiger partial charge in [0.25, 0.3) is 0 Å². The van der Waals surface area contributed by atoms with Gasteiger partial charge in [-0.15, -0.1) is 0 Å². The van der Waals surface area contributed by atoms with Gasteiger partial charge in [-0.3, -0.25) is 9.97 Å². The van der Waals surface area contributed by atoms with Crippen LogP contribution in [0.2, 0.25) is 0 Å². The minimum absolute atomic E-state index is 0.296. The number of hydrogen-bond acceptors (Lipinski definition) is 5. The molecule has 4 rings (SSSR count). The van der Waals surface area contributed by atoms with Gasteiger partial charge in [-0.2, -0.15) is 0 Å². The van der Waals surface area contributed by atoms with E-state index in [2.05, 4.69) is 9.97 Å². The summed E-state index contributed by atoms with van der Waals surface area (Å²) in [6.07, 6.45) is 12.3. The second kappa shape index (κ2) is 8.16. The predicted octanol–water partition coefficient (Wildman–Crippen LogP) is 4.42. The van der Waals surface area contributed by atoms with Crippen LogP contribution in [0.15, 0.2) is 55.0 Å². The van der Waals surface area contributed by atoms with Crippen LogP contribution in [-0.4, -0.2) is 21.1 Å². The van der Waals surface area contributed by atoms with Crippen molar-refractivity contribution in [3.8, 4) is 17.1 Å². The van der Waals surface area contributed by atoms with Crippen LogP contribution >= 0.6 is 0 Å². The first-order valence-electron chi connectivity index (χ1n) is 9.55. The average molecular weight is 360 g/mol. The van der Waals surface area contributed by atoms with Crippen molar-refractivity contribution in [3.63, 3.8) is 0 Å². The van der Waals surface area contributed by atoms with Crippen molar-refractivity contribution in [2.45, 2.75) is 44.6 Å². The van der Waals surface area contributed by atoms with Crippen molar-refractivity contribution in [3.05, 3.63) is 66.2 Å². The molecule has 0 saturated heterocycles. The maximum absolute atomic E-state index is 6.17. The molecule has 2 N–H and O–H groups in total. The summed E-state index contributed by atoms with van der Waals surface area (Å²) in [6.45, 7) is 0. The van der Waals surface area contributed by atoms with Gasteiger partial charge in [-0.1, -0.05) is 12.5 Å². The van der Waals surface area contributed by atoms with Gasteiger partial charge in [0, 0.05) is 36.1 Å². The third-order valence-corrected chi connectivity index (χ3v) is 4.97. The SMILES string of the molecule is Nc1cnc(-c2cccnc2)cc1Cc1cccc(OC2CCCCC2)n1. The fourth-order valence-electron chi connectivity index (χ4n) is 3.50. The smallest absolute Gasteiger partial charge is 0.213 e. The minimum Gasteiger partial charge on any atom is -0.474 e. The number of hydrogen-bond donors (Lipinski definition) is 1. The maximum atomic E-state index is 6.17. The summed E-state index contributed by atoms with van der Waals surface area (Å²) in [6, 6.07) is 11.9. The number of pyridine rings is 3. The second-order valence-electron chi connectivity index (χ2n) is 7.03. The van der Waals surface area contributed by atoms with Crippen molar-refractivity contribution in [2.24, 2.45) is 0 Å². The van der Waals surface area contributed by atoms with Gasteiger partial charge in [-0.05, 0) is 55.5 Å². The lowest BCUT2D eigenvalue weighted by molar-refractivity contribution is 0.148. The fraction of sp³-hybridized carbons (Fsp3) is 0.318. The molecule has 138 valence electrons. The Kier molecular flexibility index (Phi) is 5.28. The Morgan fingerprint density at radius 2 is 1.93 bits per heavy atom. The van der Waals surface area contributed by atoms with Crippen LogP contribution in [0.3, 0.4) is 0 Å². The van der Waals surface area contributed by atoms with Gasteiger partial charge in [0.15, 0.2) is 0 Å². The molecule has 1 aliphatic carbocycles. The second-order valence-corrected chi connectivity index (χ2v) is 7.03. The number of nitrogens with zero attached hydrogens (tertiary/aromatic N) is 3. The fourth-order valence-corrected chi connectivity index (χ4v) is 3.50. The lowest BCUT2D eigenvalue weighted by atomic mass is 9.98. The largest absolute Gasteiger partial charge is 0.474 e. The molecule has 5 nitrogen and oxygen atoms in total. The molecule has 0 radical (unpaired) electrons. The summed E-state index contributed by atoms with van der Waals surface area (Å²) >= 11 is 0. The van der Waals surface area contributed by atoms with E-state index in [1.807, 2.05) is 36.4 Å². The zero-order chi connectivity index (χ0) is 18.5. The van der Waals surface area contributed by atoms with Crippen molar-refractivity contribution in [1.29, 1.82) is 0 Å². The van der Waals surface area contributed by atoms with Crippen LogP contribution < -0.4 is 10.5 Å². The van der Waals surface area contributed by atoms with Gasteiger partial charge < -0.3 is 10.5 Å². The first kappa shape index (κ1) is 17.5. The quantitative estimate of drug-likeness (QED) is 0.729. The molecule has 27 heavy (non-hydrogen) atoms. The van der Waals surface area contributed by atoms with E-state index in [0.29, 0.717) is 24.1 Å². The molecule has 0 atom stereocenters. The Morgan fingerprint density at radius 3 is 2.74 bits per heavy atom. The molecule has 3 heterocycles. The highest BCUT2D eigenvalue weighted by Crippen LogP contribution is 2.25. The standard InChI is InChI=1S/C22H24N4O/c23-20-15-25-21(16-6-5-11-24-14-16)13-17(20)12-18-7-4-10-22(26-18)27-19-8-2-1-3-9-19/h4-7,10-11,13-15,19H,1-3,8-9,12,23H2. The first-order chi connectivity index (χ1) is 13.3. The molecule has 1 aliphatic rings. The van der Waals surface area contributed by atoms with Gasteiger partial charge in [0.1, 0.15) is 6.10 Å². The maximum Gasteiger partial charge on any atom is 0.213 e. The molecule has 0 amide bonds. The van der Waals surface area contributed by atoms with Gasteiger partial charge in [0.05, 0.1) is 17.6 Å². The monoisotopic (exact) mass is 360 g/mol. The van der Waals surface area contributed by atoms with E-state index < -0.39 is 0 Å². The number of nitrogen functional groups attached to an aromatic ring is 1. The number of rotatable bonds is 5. The van der Waals surface area contributed by atoms with E-state index in [-0.39, 0.29) is 0 Å². The Balaban J connectivity index is 1.52. The Labute approximate surface area is 159 Å². The van der Waals surface area contributed by atoms with Crippen LogP contribution in [0, 0.1) is 0 Å². The molecule has 3 aromatic rings. The molecule has 3 aromatic heterocycles. The number of nitrogens with two attached hydrogens (primary N) is 1. The van der Waals surface area contributed by atoms with Crippen LogP contribution in [0.1, 0.15) is 43.4 Å². The van der Waals surface area contributed by atoms with E-state index >= 15 is 0 Å². The molecule has 1 fully saturated rings. The zero-order valence-electron chi connectivity index (χ0n) is 15.3. The normalized spacial score (nSPS) is 14.8. The van der Waals surface area contributed by atoms with Gasteiger partial charge in [0.2, 0.25) is 5.88 Å². The summed E-state index contributed by atoms with van der Waals surface area (Å²) in [5, 5.41) is 0. The van der Waals surface area contributed by atoms with Gasteiger partial charge in [-0.25, -0.2) is 4.98 Å². The molecule has 0 spiro atoms. The van der Waals surface area contributed by atoms with Crippen molar-refractivity contribution in [1.82, 2.24) is 15.0 Å². The molecule has 0 aliphatic heterocycles. The molecule has 0 unspecified atom stereocenters. The van der Waals surface area contributed by atoms with Crippen LogP contribution in [0.25, 0.3) is 11.3 Å². The molecule has 5 heteroatoms.